The summed E-state index contributed by atoms with van der Waals surface area (Å²) in [6, 6.07) is 8.36. The minimum absolute atomic E-state index is 0.0442. The molecule has 0 aliphatic carbocycles. The van der Waals surface area contributed by atoms with Crippen LogP contribution in [0.4, 0.5) is 0 Å². The van der Waals surface area contributed by atoms with Gasteiger partial charge in [0.2, 0.25) is 0 Å². The highest BCUT2D eigenvalue weighted by molar-refractivity contribution is 5.29. The maximum Gasteiger partial charge on any atom is 0.101 e. The molecule has 0 saturated heterocycles. The summed E-state index contributed by atoms with van der Waals surface area (Å²) in [7, 11) is 0. The van der Waals surface area contributed by atoms with Crippen molar-refractivity contribution in [2.24, 2.45) is 5.90 Å². The van der Waals surface area contributed by atoms with Crippen molar-refractivity contribution in [2.45, 2.75) is 39.2 Å². The average molecular weight is 193 g/mol. The van der Waals surface area contributed by atoms with Crippen LogP contribution in [-0.4, -0.2) is 0 Å². The van der Waals surface area contributed by atoms with E-state index >= 15 is 0 Å². The molecule has 0 fully saturated rings. The summed E-state index contributed by atoms with van der Waals surface area (Å²) in [5.74, 6) is 5.16. The van der Waals surface area contributed by atoms with Crippen LogP contribution in [0, 0.1) is 0 Å². The first kappa shape index (κ1) is 11.2. The van der Waals surface area contributed by atoms with Gasteiger partial charge in [-0.3, -0.25) is 4.84 Å². The van der Waals surface area contributed by atoms with E-state index in [2.05, 4.69) is 32.9 Å². The number of rotatable bonds is 2. The van der Waals surface area contributed by atoms with Gasteiger partial charge in [-0.1, -0.05) is 45.0 Å². The normalized spacial score (nSPS) is 14.1. The molecule has 14 heavy (non-hydrogen) atoms. The van der Waals surface area contributed by atoms with Crippen LogP contribution in [0.5, 0.6) is 0 Å². The summed E-state index contributed by atoms with van der Waals surface area (Å²) in [5, 5.41) is 0. The van der Waals surface area contributed by atoms with Crippen molar-refractivity contribution < 1.29 is 4.84 Å². The van der Waals surface area contributed by atoms with E-state index in [9.17, 15) is 0 Å². The van der Waals surface area contributed by atoms with Gasteiger partial charge in [0.15, 0.2) is 0 Å². The smallest absolute Gasteiger partial charge is 0.101 e. The Bertz CT molecular complexity index is 301. The molecule has 1 aromatic rings. The molecule has 0 radical (unpaired) electrons. The standard InChI is InChI=1S/C12H19NO/c1-9(14-13)10-6-5-7-11(8-10)12(2,3)4/h5-9H,13H2,1-4H3. The number of benzene rings is 1. The fourth-order valence-electron chi connectivity index (χ4n) is 1.34. The van der Waals surface area contributed by atoms with Gasteiger partial charge in [0.25, 0.3) is 0 Å². The van der Waals surface area contributed by atoms with Crippen LogP contribution in [0.25, 0.3) is 0 Å². The van der Waals surface area contributed by atoms with Crippen LogP contribution >= 0.6 is 0 Å². The monoisotopic (exact) mass is 193 g/mol. The SMILES string of the molecule is CC(ON)c1cccc(C(C)(C)C)c1. The molecule has 2 N–H and O–H groups in total. The molecular weight excluding hydrogens is 174 g/mol. The zero-order valence-electron chi connectivity index (χ0n) is 9.37. The quantitative estimate of drug-likeness (QED) is 0.733. The average Bonchev–Trinajstić information content (AvgIpc) is 2.15. The molecule has 1 aromatic carbocycles. The van der Waals surface area contributed by atoms with Crippen LogP contribution in [-0.2, 0) is 10.3 Å². The van der Waals surface area contributed by atoms with Gasteiger partial charge in [-0.15, -0.1) is 0 Å². The van der Waals surface area contributed by atoms with E-state index < -0.39 is 0 Å². The lowest BCUT2D eigenvalue weighted by atomic mass is 9.86. The number of nitrogens with two attached hydrogens (primary N) is 1. The molecule has 0 amide bonds. The molecule has 78 valence electrons. The highest BCUT2D eigenvalue weighted by atomic mass is 16.6. The first-order valence-corrected chi connectivity index (χ1v) is 4.91. The predicted octanol–water partition coefficient (Wildman–Crippen LogP) is 2.94. The fourth-order valence-corrected chi connectivity index (χ4v) is 1.34. The zero-order chi connectivity index (χ0) is 10.8. The first-order valence-electron chi connectivity index (χ1n) is 4.91. The van der Waals surface area contributed by atoms with Crippen molar-refractivity contribution in [3.05, 3.63) is 35.4 Å². The highest BCUT2D eigenvalue weighted by Crippen LogP contribution is 2.25. The summed E-state index contributed by atoms with van der Waals surface area (Å²) in [5.41, 5.74) is 2.60. The Morgan fingerprint density at radius 3 is 2.43 bits per heavy atom. The van der Waals surface area contributed by atoms with E-state index in [-0.39, 0.29) is 11.5 Å². The lowest BCUT2D eigenvalue weighted by Gasteiger charge is -2.20. The lowest BCUT2D eigenvalue weighted by molar-refractivity contribution is 0.0663. The van der Waals surface area contributed by atoms with Crippen LogP contribution < -0.4 is 5.90 Å². The summed E-state index contributed by atoms with van der Waals surface area (Å²) in [6.45, 7) is 8.53. The van der Waals surface area contributed by atoms with Gasteiger partial charge in [-0.25, -0.2) is 5.90 Å². The summed E-state index contributed by atoms with van der Waals surface area (Å²) >= 11 is 0. The van der Waals surface area contributed by atoms with Crippen LogP contribution in [0.3, 0.4) is 0 Å². The predicted molar refractivity (Wildman–Crippen MR) is 58.8 cm³/mol. The second-order valence-corrected chi connectivity index (χ2v) is 4.65. The molecule has 0 saturated carbocycles. The van der Waals surface area contributed by atoms with Gasteiger partial charge in [-0.05, 0) is 23.5 Å². The molecule has 0 bridgehead atoms. The topological polar surface area (TPSA) is 35.2 Å². The van der Waals surface area contributed by atoms with Gasteiger partial charge in [0, 0.05) is 0 Å². The molecule has 0 heterocycles. The van der Waals surface area contributed by atoms with Crippen molar-refractivity contribution in [2.75, 3.05) is 0 Å². The van der Waals surface area contributed by atoms with Gasteiger partial charge in [0.05, 0.1) is 0 Å². The molecule has 0 aromatic heterocycles. The summed E-state index contributed by atoms with van der Waals surface area (Å²) in [4.78, 5) is 4.80. The minimum Gasteiger partial charge on any atom is -0.297 e. The number of hydrogen-bond donors (Lipinski definition) is 1. The van der Waals surface area contributed by atoms with Crippen molar-refractivity contribution in [3.8, 4) is 0 Å². The Balaban J connectivity index is 3.01. The largest absolute Gasteiger partial charge is 0.297 e. The van der Waals surface area contributed by atoms with Crippen molar-refractivity contribution in [1.82, 2.24) is 0 Å². The molecule has 1 rings (SSSR count). The molecule has 0 aliphatic rings. The third-order valence-corrected chi connectivity index (χ3v) is 2.43. The first-order chi connectivity index (χ1) is 6.45. The third kappa shape index (κ3) is 2.56. The lowest BCUT2D eigenvalue weighted by Crippen LogP contribution is -2.12. The molecule has 0 spiro atoms. The second-order valence-electron chi connectivity index (χ2n) is 4.65. The van der Waals surface area contributed by atoms with Crippen LogP contribution in [0.2, 0.25) is 0 Å². The Kier molecular flexibility index (Phi) is 3.29. The Hall–Kier alpha value is -0.860. The van der Waals surface area contributed by atoms with E-state index in [0.717, 1.165) is 5.56 Å². The van der Waals surface area contributed by atoms with Crippen LogP contribution in [0.1, 0.15) is 44.9 Å². The van der Waals surface area contributed by atoms with E-state index in [1.807, 2.05) is 19.1 Å². The van der Waals surface area contributed by atoms with Gasteiger partial charge in [0.1, 0.15) is 6.10 Å². The molecule has 1 unspecified atom stereocenters. The third-order valence-electron chi connectivity index (χ3n) is 2.43. The minimum atomic E-state index is -0.0442. The Morgan fingerprint density at radius 1 is 1.29 bits per heavy atom. The van der Waals surface area contributed by atoms with E-state index in [4.69, 9.17) is 10.7 Å². The van der Waals surface area contributed by atoms with E-state index in [0.29, 0.717) is 0 Å². The van der Waals surface area contributed by atoms with Gasteiger partial charge < -0.3 is 0 Å². The fraction of sp³-hybridized carbons (Fsp3) is 0.500. The Morgan fingerprint density at radius 2 is 1.93 bits per heavy atom. The van der Waals surface area contributed by atoms with Crippen molar-refractivity contribution in [3.63, 3.8) is 0 Å². The van der Waals surface area contributed by atoms with Crippen LogP contribution in [0.15, 0.2) is 24.3 Å². The molecular formula is C12H19NO. The molecule has 2 heteroatoms. The molecule has 1 atom stereocenters. The highest BCUT2D eigenvalue weighted by Gasteiger charge is 2.14. The second kappa shape index (κ2) is 4.11. The van der Waals surface area contributed by atoms with Crippen molar-refractivity contribution in [1.29, 1.82) is 0 Å². The maximum absolute atomic E-state index is 5.16. The summed E-state index contributed by atoms with van der Waals surface area (Å²) in [6.07, 6.45) is -0.0442. The zero-order valence-corrected chi connectivity index (χ0v) is 9.37. The molecule has 2 nitrogen and oxygen atoms in total. The molecule has 0 aliphatic heterocycles. The maximum atomic E-state index is 5.16. The Labute approximate surface area is 86.0 Å². The van der Waals surface area contributed by atoms with E-state index in [1.165, 1.54) is 5.56 Å². The summed E-state index contributed by atoms with van der Waals surface area (Å²) < 4.78 is 0. The van der Waals surface area contributed by atoms with E-state index in [1.54, 1.807) is 0 Å². The van der Waals surface area contributed by atoms with Gasteiger partial charge >= 0.3 is 0 Å². The number of hydrogen-bond acceptors (Lipinski definition) is 2. The van der Waals surface area contributed by atoms with Gasteiger partial charge in [-0.2, -0.15) is 0 Å². The van der Waals surface area contributed by atoms with Crippen molar-refractivity contribution >= 4 is 0 Å².